The van der Waals surface area contributed by atoms with E-state index in [-0.39, 0.29) is 24.0 Å². The van der Waals surface area contributed by atoms with Gasteiger partial charge in [-0.3, -0.25) is 4.79 Å². The number of aryl methyl sites for hydroxylation is 3. The Hall–Kier alpha value is -4.79. The number of fused-ring (bicyclic) bond motifs is 3. The zero-order valence-electron chi connectivity index (χ0n) is 37.9. The molecule has 62 heavy (non-hydrogen) atoms. The summed E-state index contributed by atoms with van der Waals surface area (Å²) < 4.78 is 20.3. The van der Waals surface area contributed by atoms with E-state index in [1.165, 1.54) is 29.7 Å². The van der Waals surface area contributed by atoms with Gasteiger partial charge in [0.15, 0.2) is 0 Å². The smallest absolute Gasteiger partial charge is 0.408 e. The van der Waals surface area contributed by atoms with Gasteiger partial charge in [0.25, 0.3) is 0 Å². The normalized spacial score (nSPS) is 21.3. The Morgan fingerprint density at radius 1 is 0.661 bits per heavy atom. The molecule has 3 amide bonds. The van der Waals surface area contributed by atoms with E-state index >= 15 is 0 Å². The third kappa shape index (κ3) is 19.5. The molecule has 0 spiro atoms. The number of nitrogens with two attached hydrogens (primary N) is 1. The van der Waals surface area contributed by atoms with Crippen LogP contribution in [-0.4, -0.2) is 94.2 Å². The predicted octanol–water partition coefficient (Wildman–Crippen LogP) is 7.86. The van der Waals surface area contributed by atoms with Crippen molar-refractivity contribution in [2.24, 2.45) is 5.73 Å². The number of rotatable bonds is 2. The summed E-state index contributed by atoms with van der Waals surface area (Å²) in [5, 5.41) is 15.1. The van der Waals surface area contributed by atoms with Crippen LogP contribution in [0.15, 0.2) is 72.8 Å². The first-order chi connectivity index (χ1) is 29.5. The molecule has 5 heterocycles. The molecule has 4 unspecified atom stereocenters. The molecule has 0 aromatic heterocycles. The fraction of sp³-hybridized carbons (Fsp3) is 0.562. The highest BCUT2D eigenvalue weighted by molar-refractivity contribution is 6.11. The van der Waals surface area contributed by atoms with Crippen LogP contribution in [0, 0.1) is 0 Å². The Balaban J connectivity index is 0.000000185. The lowest BCUT2D eigenvalue weighted by molar-refractivity contribution is -0.118. The number of amides is 3. The minimum absolute atomic E-state index is 0.0463. The Labute approximate surface area is 371 Å². The number of para-hydroxylation sites is 3. The van der Waals surface area contributed by atoms with Crippen molar-refractivity contribution in [3.05, 3.63) is 89.5 Å². The van der Waals surface area contributed by atoms with Gasteiger partial charge in [-0.05, 0) is 141 Å². The number of alkyl carbamates (subject to hydrolysis) is 2. The second kappa shape index (κ2) is 25.4. The lowest BCUT2D eigenvalue weighted by Crippen LogP contribution is -2.45. The number of benzene rings is 3. The monoisotopic (exact) mass is 855 g/mol. The fourth-order valence-electron chi connectivity index (χ4n) is 6.98. The Morgan fingerprint density at radius 2 is 1.16 bits per heavy atom. The molecule has 5 aliphatic rings. The van der Waals surface area contributed by atoms with Crippen molar-refractivity contribution in [1.29, 1.82) is 0 Å². The van der Waals surface area contributed by atoms with Gasteiger partial charge in [0, 0.05) is 68.1 Å². The molecule has 338 valence electrons. The van der Waals surface area contributed by atoms with Gasteiger partial charge in [-0.25, -0.2) is 9.59 Å². The number of carbonyl (C=O) groups excluding carboxylic acids is 3. The van der Waals surface area contributed by atoms with E-state index < -0.39 is 23.3 Å². The lowest BCUT2D eigenvalue weighted by Gasteiger charge is -2.23. The second-order valence-corrected chi connectivity index (χ2v) is 18.0. The highest BCUT2D eigenvalue weighted by Crippen LogP contribution is 2.23. The van der Waals surface area contributed by atoms with Gasteiger partial charge in [0.1, 0.15) is 25.1 Å². The Kier molecular flexibility index (Phi) is 20.4. The minimum atomic E-state index is -0.575. The molecule has 13 nitrogen and oxygen atoms in total. The maximum Gasteiger partial charge on any atom is 0.408 e. The zero-order chi connectivity index (χ0) is 45.0. The third-order valence-corrected chi connectivity index (χ3v) is 10.2. The van der Waals surface area contributed by atoms with Crippen LogP contribution in [0.3, 0.4) is 0 Å². The summed E-state index contributed by atoms with van der Waals surface area (Å²) in [6.07, 6.45) is 9.19. The van der Waals surface area contributed by atoms with Crippen molar-refractivity contribution < 1.29 is 33.3 Å². The van der Waals surface area contributed by atoms with Crippen LogP contribution in [-0.2, 0) is 43.0 Å². The van der Waals surface area contributed by atoms with Gasteiger partial charge in [-0.15, -0.1) is 0 Å². The highest BCUT2D eigenvalue weighted by Gasteiger charge is 2.27. The fourth-order valence-corrected chi connectivity index (χ4v) is 6.98. The van der Waals surface area contributed by atoms with Crippen LogP contribution >= 0.6 is 0 Å². The first-order valence-corrected chi connectivity index (χ1v) is 22.3. The summed E-state index contributed by atoms with van der Waals surface area (Å²) in [5.41, 5.74) is 11.8. The molecule has 8 rings (SSSR count). The van der Waals surface area contributed by atoms with Crippen molar-refractivity contribution >= 4 is 43.0 Å². The van der Waals surface area contributed by atoms with E-state index in [2.05, 4.69) is 63.0 Å². The average Bonchev–Trinajstić information content (AvgIpc) is 3.86. The van der Waals surface area contributed by atoms with Crippen LogP contribution in [0.2, 0.25) is 0 Å². The second-order valence-electron chi connectivity index (χ2n) is 18.0. The van der Waals surface area contributed by atoms with Crippen LogP contribution < -0.4 is 32.3 Å². The quantitative estimate of drug-likeness (QED) is 0.139. The first-order valence-electron chi connectivity index (χ1n) is 22.3. The standard InChI is InChI=1S/C15H20N2O3.C15H22N2O2.C10H14N2.C4H7BO.C4H8O/c1-15(2,3)20-14(19)17-12-9-8-10-6-4-5-7-11(10)16-13(12)18;1-15(2,3)19-14(18)17-12-9-8-11-6-4-5-7-13(11)16-10-12;11-9-6-5-8-3-1-2-4-10(8)12-7-9;5-4-2-1-3-6-4;1-2-4-5-3-1/h4-7,12H,8-9H2,1-3H3,(H,16,18)(H,17,19);4-7,12,16H,8-10H2,1-3H3,(H,17,18);1-4,9,12H,5-7,11H2;4H,1-3H2;1-4H2. The predicted molar refractivity (Wildman–Crippen MR) is 249 cm³/mol. The van der Waals surface area contributed by atoms with Gasteiger partial charge in [0.05, 0.1) is 0 Å². The third-order valence-electron chi connectivity index (χ3n) is 10.2. The van der Waals surface area contributed by atoms with Crippen LogP contribution in [0.5, 0.6) is 0 Å². The van der Waals surface area contributed by atoms with Crippen LogP contribution in [0.4, 0.5) is 26.7 Å². The molecule has 3 aromatic carbocycles. The summed E-state index contributed by atoms with van der Waals surface area (Å²) in [4.78, 5) is 35.6. The first kappa shape index (κ1) is 49.9. The number of nitrogens with one attached hydrogen (secondary N) is 5. The van der Waals surface area contributed by atoms with Gasteiger partial charge in [-0.2, -0.15) is 0 Å². The molecule has 7 N–H and O–H groups in total. The highest BCUT2D eigenvalue weighted by atomic mass is 16.6. The molecule has 0 aliphatic carbocycles. The molecule has 5 aliphatic heterocycles. The number of hydrogen-bond donors (Lipinski definition) is 6. The number of carbonyl (C=O) groups is 3. The summed E-state index contributed by atoms with van der Waals surface area (Å²) in [7, 11) is 5.31. The zero-order valence-corrected chi connectivity index (χ0v) is 37.9. The maximum absolute atomic E-state index is 12.1. The number of hydrogen-bond acceptors (Lipinski definition) is 10. The number of ether oxygens (including phenoxy) is 4. The largest absolute Gasteiger partial charge is 0.444 e. The Bertz CT molecular complexity index is 1760. The SMILES string of the molecule is C1CCOC1.CC(C)(C)OC(=O)NC1CCc2ccccc2NC1.CC(C)(C)OC(=O)NC1CCc2ccccc2NC1=O.NC1CCc2ccccc2NC1.[B]C1CCCO1. The average molecular weight is 855 g/mol. The lowest BCUT2D eigenvalue weighted by atomic mass is 9.98. The molecule has 2 radical (unpaired) electrons. The summed E-state index contributed by atoms with van der Waals surface area (Å²) in [6.45, 7) is 15.5. The van der Waals surface area contributed by atoms with Crippen molar-refractivity contribution in [2.75, 3.05) is 48.9 Å². The topological polar surface area (TPSA) is 174 Å². The molecular formula is C48H71BN6O7. The van der Waals surface area contributed by atoms with Gasteiger partial charge in [0.2, 0.25) is 5.91 Å². The van der Waals surface area contributed by atoms with E-state index in [1.807, 2.05) is 57.2 Å². The molecular weight excluding hydrogens is 783 g/mol. The van der Waals surface area contributed by atoms with Crippen molar-refractivity contribution in [2.45, 2.75) is 141 Å². The van der Waals surface area contributed by atoms with Crippen molar-refractivity contribution in [3.63, 3.8) is 0 Å². The van der Waals surface area contributed by atoms with Gasteiger partial charge >= 0.3 is 12.2 Å². The summed E-state index contributed by atoms with van der Waals surface area (Å²) in [6, 6.07) is 24.2. The molecule has 2 saturated heterocycles. The van der Waals surface area contributed by atoms with E-state index in [0.717, 1.165) is 94.8 Å². The van der Waals surface area contributed by atoms with E-state index in [4.69, 9.17) is 32.5 Å². The van der Waals surface area contributed by atoms with E-state index in [0.29, 0.717) is 12.5 Å². The summed E-state index contributed by atoms with van der Waals surface area (Å²) in [5.74, 6) is -0.208. The van der Waals surface area contributed by atoms with E-state index in [9.17, 15) is 14.4 Å². The van der Waals surface area contributed by atoms with Gasteiger partial charge < -0.3 is 51.3 Å². The van der Waals surface area contributed by atoms with Crippen LogP contribution in [0.25, 0.3) is 0 Å². The van der Waals surface area contributed by atoms with Crippen LogP contribution in [0.1, 0.15) is 103 Å². The molecule has 14 heteroatoms. The van der Waals surface area contributed by atoms with Crippen molar-refractivity contribution in [1.82, 2.24) is 10.6 Å². The summed E-state index contributed by atoms with van der Waals surface area (Å²) >= 11 is 0. The molecule has 2 fully saturated rings. The molecule has 4 atom stereocenters. The minimum Gasteiger partial charge on any atom is -0.444 e. The Morgan fingerprint density at radius 3 is 1.66 bits per heavy atom. The van der Waals surface area contributed by atoms with Gasteiger partial charge in [-0.1, -0.05) is 54.6 Å². The van der Waals surface area contributed by atoms with Crippen molar-refractivity contribution in [3.8, 4) is 0 Å². The molecule has 3 aromatic rings. The maximum atomic E-state index is 12.1. The van der Waals surface area contributed by atoms with E-state index in [1.54, 1.807) is 20.8 Å². The molecule has 0 bridgehead atoms. The molecule has 0 saturated carbocycles. The number of anilines is 3.